The highest BCUT2D eigenvalue weighted by atomic mass is 16.1. The molecular weight excluding hydrogens is 256 g/mol. The van der Waals surface area contributed by atoms with Gasteiger partial charge in [0.05, 0.1) is 0 Å². The molecule has 0 aliphatic carbocycles. The van der Waals surface area contributed by atoms with Crippen molar-refractivity contribution in [1.82, 2.24) is 0 Å². The summed E-state index contributed by atoms with van der Waals surface area (Å²) >= 11 is 0. The second kappa shape index (κ2) is 12.9. The first-order chi connectivity index (χ1) is 10.3. The molecule has 0 aromatic heterocycles. The van der Waals surface area contributed by atoms with Crippen LogP contribution in [0.1, 0.15) is 50.0 Å². The molecule has 2 rings (SSSR count). The molecule has 2 aromatic rings. The van der Waals surface area contributed by atoms with Gasteiger partial charge in [0.2, 0.25) is 0 Å². The van der Waals surface area contributed by atoms with Crippen molar-refractivity contribution in [3.05, 3.63) is 77.9 Å². The molecule has 0 fully saturated rings. The summed E-state index contributed by atoms with van der Waals surface area (Å²) in [5.74, 6) is 0.0319. The predicted molar refractivity (Wildman–Crippen MR) is 93.6 cm³/mol. The molecule has 1 nitrogen and oxygen atoms in total. The van der Waals surface area contributed by atoms with Gasteiger partial charge in [-0.2, -0.15) is 0 Å². The van der Waals surface area contributed by atoms with E-state index < -0.39 is 0 Å². The molecule has 0 saturated carbocycles. The van der Waals surface area contributed by atoms with Crippen molar-refractivity contribution in [1.29, 1.82) is 0 Å². The molecule has 0 spiro atoms. The maximum Gasteiger partial charge on any atom is 0.185 e. The van der Waals surface area contributed by atoms with Crippen LogP contribution in [-0.2, 0) is 0 Å². The SMILES string of the molecule is CC.CCC.O=C(C=Cc1ccccc1)c1ccccc1. The van der Waals surface area contributed by atoms with Crippen LogP contribution >= 0.6 is 0 Å². The van der Waals surface area contributed by atoms with E-state index in [9.17, 15) is 4.79 Å². The van der Waals surface area contributed by atoms with E-state index in [4.69, 9.17) is 0 Å². The summed E-state index contributed by atoms with van der Waals surface area (Å²) in [5.41, 5.74) is 1.75. The lowest BCUT2D eigenvalue weighted by Crippen LogP contribution is -1.92. The Morgan fingerprint density at radius 2 is 1.29 bits per heavy atom. The molecule has 112 valence electrons. The molecule has 0 bridgehead atoms. The Balaban J connectivity index is 0.000000713. The van der Waals surface area contributed by atoms with E-state index in [1.807, 2.05) is 80.6 Å². The molecule has 0 heterocycles. The number of benzene rings is 2. The first-order valence-electron chi connectivity index (χ1n) is 7.60. The number of carbonyl (C=O) groups excluding carboxylic acids is 1. The maximum atomic E-state index is 11.7. The molecule has 1 heteroatoms. The van der Waals surface area contributed by atoms with Crippen LogP contribution in [0, 0.1) is 0 Å². The normalized spacial score (nSPS) is 9.14. The highest BCUT2D eigenvalue weighted by Gasteiger charge is 1.98. The molecule has 0 saturated heterocycles. The Morgan fingerprint density at radius 1 is 0.857 bits per heavy atom. The lowest BCUT2D eigenvalue weighted by Gasteiger charge is -1.94. The third kappa shape index (κ3) is 8.59. The zero-order valence-electron chi connectivity index (χ0n) is 13.5. The Labute approximate surface area is 129 Å². The van der Waals surface area contributed by atoms with Crippen LogP contribution in [0.15, 0.2) is 66.7 Å². The Hall–Kier alpha value is -2.15. The minimum Gasteiger partial charge on any atom is -0.289 e. The van der Waals surface area contributed by atoms with Crippen LogP contribution in [0.25, 0.3) is 6.08 Å². The van der Waals surface area contributed by atoms with E-state index in [1.54, 1.807) is 6.08 Å². The summed E-state index contributed by atoms with van der Waals surface area (Å²) in [5, 5.41) is 0. The summed E-state index contributed by atoms with van der Waals surface area (Å²) in [6.07, 6.45) is 4.68. The van der Waals surface area contributed by atoms with Gasteiger partial charge in [-0.1, -0.05) is 101 Å². The van der Waals surface area contributed by atoms with Crippen LogP contribution in [0.2, 0.25) is 0 Å². The third-order valence-corrected chi connectivity index (χ3v) is 2.29. The first kappa shape index (κ1) is 18.9. The zero-order chi connectivity index (χ0) is 15.9. The van der Waals surface area contributed by atoms with Gasteiger partial charge in [-0.3, -0.25) is 4.79 Å². The van der Waals surface area contributed by atoms with E-state index in [0.29, 0.717) is 0 Å². The molecule has 0 aliphatic rings. The van der Waals surface area contributed by atoms with Gasteiger partial charge in [-0.25, -0.2) is 0 Å². The van der Waals surface area contributed by atoms with Gasteiger partial charge in [0.25, 0.3) is 0 Å². The van der Waals surface area contributed by atoms with Gasteiger partial charge in [0.1, 0.15) is 0 Å². The number of carbonyl (C=O) groups is 1. The molecule has 0 atom stereocenters. The van der Waals surface area contributed by atoms with Crippen molar-refractivity contribution in [3.63, 3.8) is 0 Å². The quantitative estimate of drug-likeness (QED) is 0.496. The summed E-state index contributed by atoms with van der Waals surface area (Å²) in [7, 11) is 0. The van der Waals surface area contributed by atoms with Crippen LogP contribution < -0.4 is 0 Å². The fourth-order valence-electron chi connectivity index (χ4n) is 1.43. The highest BCUT2D eigenvalue weighted by Crippen LogP contribution is 2.05. The molecule has 0 amide bonds. The van der Waals surface area contributed by atoms with Crippen molar-refractivity contribution < 1.29 is 4.79 Å². The van der Waals surface area contributed by atoms with Gasteiger partial charge in [-0.05, 0) is 11.6 Å². The minimum absolute atomic E-state index is 0.0319. The molecular formula is C20H26O. The highest BCUT2D eigenvalue weighted by molar-refractivity contribution is 6.06. The molecule has 0 unspecified atom stereocenters. The number of allylic oxidation sites excluding steroid dienone is 1. The lowest BCUT2D eigenvalue weighted by molar-refractivity contribution is 0.104. The smallest absolute Gasteiger partial charge is 0.185 e. The van der Waals surface area contributed by atoms with Crippen molar-refractivity contribution in [2.45, 2.75) is 34.1 Å². The minimum atomic E-state index is 0.0319. The summed E-state index contributed by atoms with van der Waals surface area (Å²) < 4.78 is 0. The largest absolute Gasteiger partial charge is 0.289 e. The van der Waals surface area contributed by atoms with E-state index in [1.165, 1.54) is 6.42 Å². The second-order valence-electron chi connectivity index (χ2n) is 4.18. The third-order valence-electron chi connectivity index (χ3n) is 2.29. The Kier molecular flexibility index (Phi) is 11.5. The zero-order valence-corrected chi connectivity index (χ0v) is 13.5. The van der Waals surface area contributed by atoms with Crippen LogP contribution in [-0.4, -0.2) is 5.78 Å². The van der Waals surface area contributed by atoms with E-state index >= 15 is 0 Å². The maximum absolute atomic E-state index is 11.7. The van der Waals surface area contributed by atoms with Crippen LogP contribution in [0.5, 0.6) is 0 Å². The standard InChI is InChI=1S/C15H12O.C3H8.C2H6/c16-15(14-9-5-2-6-10-14)12-11-13-7-3-1-4-8-13;1-3-2;1-2/h1-12H;3H2,1-2H3;1-2H3. The fourth-order valence-corrected chi connectivity index (χ4v) is 1.43. The molecule has 2 aromatic carbocycles. The molecule has 0 N–H and O–H groups in total. The number of ketones is 1. The average Bonchev–Trinajstić information content (AvgIpc) is 2.57. The fraction of sp³-hybridized carbons (Fsp3) is 0.250. The van der Waals surface area contributed by atoms with Crippen LogP contribution in [0.3, 0.4) is 0 Å². The lowest BCUT2D eigenvalue weighted by atomic mass is 10.1. The van der Waals surface area contributed by atoms with E-state index in [2.05, 4.69) is 13.8 Å². The van der Waals surface area contributed by atoms with Gasteiger partial charge in [-0.15, -0.1) is 0 Å². The molecule has 0 aliphatic heterocycles. The average molecular weight is 282 g/mol. The molecule has 21 heavy (non-hydrogen) atoms. The predicted octanol–water partition coefficient (Wildman–Crippen LogP) is 6.03. The summed E-state index contributed by atoms with van der Waals surface area (Å²) in [4.78, 5) is 11.7. The topological polar surface area (TPSA) is 17.1 Å². The van der Waals surface area contributed by atoms with Crippen LogP contribution in [0.4, 0.5) is 0 Å². The number of hydrogen-bond donors (Lipinski definition) is 0. The molecule has 0 radical (unpaired) electrons. The van der Waals surface area contributed by atoms with Gasteiger partial charge >= 0.3 is 0 Å². The number of rotatable bonds is 3. The summed E-state index contributed by atoms with van der Waals surface area (Å²) in [6, 6.07) is 19.1. The first-order valence-corrected chi connectivity index (χ1v) is 7.60. The van der Waals surface area contributed by atoms with Gasteiger partial charge in [0, 0.05) is 5.56 Å². The number of hydrogen-bond acceptors (Lipinski definition) is 1. The Bertz CT molecular complexity index is 498. The Morgan fingerprint density at radius 3 is 1.76 bits per heavy atom. The monoisotopic (exact) mass is 282 g/mol. The van der Waals surface area contributed by atoms with Crippen molar-refractivity contribution in [2.24, 2.45) is 0 Å². The van der Waals surface area contributed by atoms with E-state index in [-0.39, 0.29) is 5.78 Å². The van der Waals surface area contributed by atoms with Gasteiger partial charge in [0.15, 0.2) is 5.78 Å². The summed E-state index contributed by atoms with van der Waals surface area (Å²) in [6.45, 7) is 8.25. The second-order valence-corrected chi connectivity index (χ2v) is 4.18. The van der Waals surface area contributed by atoms with Gasteiger partial charge < -0.3 is 0 Å². The van der Waals surface area contributed by atoms with Crippen molar-refractivity contribution >= 4 is 11.9 Å². The van der Waals surface area contributed by atoms with Crippen molar-refractivity contribution in [2.75, 3.05) is 0 Å². The van der Waals surface area contributed by atoms with Crippen molar-refractivity contribution in [3.8, 4) is 0 Å². The van der Waals surface area contributed by atoms with E-state index in [0.717, 1.165) is 11.1 Å².